The molecule has 138 valence electrons. The molecule has 0 aromatic carbocycles. The standard InChI is InChI=1S/C18H37NO4.Na/c1-3-4-5-6-7-8-9-10-11-12-13-23-15-17(20)14-19-16(2)18(21)22;/h16-17,19-20H,3-15H2,1-2H3,(H,21,22);/q;+1/p-1. The number of hydrogen-bond donors (Lipinski definition) is 2. The first-order chi connectivity index (χ1) is 11.1. The van der Waals surface area contributed by atoms with Gasteiger partial charge in [-0.3, -0.25) is 0 Å². The van der Waals surface area contributed by atoms with Gasteiger partial charge in [-0.2, -0.15) is 0 Å². The molecule has 0 heterocycles. The van der Waals surface area contributed by atoms with Crippen molar-refractivity contribution in [3.8, 4) is 0 Å². The van der Waals surface area contributed by atoms with Gasteiger partial charge in [-0.15, -0.1) is 0 Å². The molecule has 5 nitrogen and oxygen atoms in total. The zero-order chi connectivity index (χ0) is 17.3. The molecule has 0 spiro atoms. The van der Waals surface area contributed by atoms with Crippen LogP contribution >= 0.6 is 0 Å². The van der Waals surface area contributed by atoms with Gasteiger partial charge in [0.05, 0.1) is 18.7 Å². The normalized spacial score (nSPS) is 13.3. The fraction of sp³-hybridized carbons (Fsp3) is 0.944. The molecule has 0 aromatic heterocycles. The Balaban J connectivity index is 0. The number of aliphatic hydroxyl groups is 1. The second kappa shape index (κ2) is 19.7. The van der Waals surface area contributed by atoms with Gasteiger partial charge in [-0.1, -0.05) is 64.7 Å². The van der Waals surface area contributed by atoms with Crippen molar-refractivity contribution >= 4 is 5.97 Å². The van der Waals surface area contributed by atoms with E-state index >= 15 is 0 Å². The summed E-state index contributed by atoms with van der Waals surface area (Å²) in [6, 6.07) is -0.758. The molecule has 0 bridgehead atoms. The average Bonchev–Trinajstić information content (AvgIpc) is 2.53. The predicted octanol–water partition coefficient (Wildman–Crippen LogP) is -0.983. The molecule has 0 aliphatic carbocycles. The topological polar surface area (TPSA) is 81.6 Å². The summed E-state index contributed by atoms with van der Waals surface area (Å²) in [6.45, 7) is 4.83. The van der Waals surface area contributed by atoms with Crippen LogP contribution in [0.3, 0.4) is 0 Å². The Labute approximate surface area is 170 Å². The summed E-state index contributed by atoms with van der Waals surface area (Å²) in [5.74, 6) is -1.16. The minimum Gasteiger partial charge on any atom is -0.548 e. The average molecular weight is 353 g/mol. The molecule has 0 aliphatic rings. The summed E-state index contributed by atoms with van der Waals surface area (Å²) in [6.07, 6.45) is 12.2. The number of nitrogens with one attached hydrogen (secondary N) is 1. The van der Waals surface area contributed by atoms with Crippen LogP contribution in [-0.4, -0.2) is 43.0 Å². The molecular formula is C18H36NNaO4. The van der Waals surface area contributed by atoms with E-state index in [9.17, 15) is 15.0 Å². The van der Waals surface area contributed by atoms with Crippen molar-refractivity contribution in [3.63, 3.8) is 0 Å². The van der Waals surface area contributed by atoms with Crippen molar-refractivity contribution in [2.75, 3.05) is 19.8 Å². The number of carbonyl (C=O) groups excluding carboxylic acids is 1. The van der Waals surface area contributed by atoms with E-state index in [1.54, 1.807) is 0 Å². The quantitative estimate of drug-likeness (QED) is 0.259. The van der Waals surface area contributed by atoms with E-state index in [-0.39, 0.29) is 42.7 Å². The number of ether oxygens (including phenoxy) is 1. The summed E-state index contributed by atoms with van der Waals surface area (Å²) < 4.78 is 5.41. The van der Waals surface area contributed by atoms with E-state index in [1.165, 1.54) is 64.7 Å². The third kappa shape index (κ3) is 18.7. The number of unbranched alkanes of at least 4 members (excludes halogenated alkanes) is 9. The smallest absolute Gasteiger partial charge is 0.548 e. The maximum Gasteiger partial charge on any atom is 1.00 e. The third-order valence-corrected chi connectivity index (χ3v) is 3.97. The summed E-state index contributed by atoms with van der Waals surface area (Å²) in [5, 5.41) is 22.8. The van der Waals surface area contributed by atoms with Gasteiger partial charge in [0.1, 0.15) is 0 Å². The zero-order valence-corrected chi connectivity index (χ0v) is 18.0. The number of hydrogen-bond acceptors (Lipinski definition) is 5. The SMILES string of the molecule is CCCCCCCCCCCCOCC(O)CNC(C)C(=O)[O-].[Na+]. The number of carboxylic acids is 1. The second-order valence-corrected chi connectivity index (χ2v) is 6.36. The van der Waals surface area contributed by atoms with Crippen LogP contribution in [0.25, 0.3) is 0 Å². The fourth-order valence-corrected chi connectivity index (χ4v) is 2.37. The van der Waals surface area contributed by atoms with Crippen LogP contribution in [0.2, 0.25) is 0 Å². The number of carbonyl (C=O) groups is 1. The van der Waals surface area contributed by atoms with Crippen LogP contribution < -0.4 is 40.0 Å². The Bertz CT molecular complexity index is 280. The molecule has 2 unspecified atom stereocenters. The zero-order valence-electron chi connectivity index (χ0n) is 16.0. The van der Waals surface area contributed by atoms with Crippen LogP contribution in [0.1, 0.15) is 78.1 Å². The van der Waals surface area contributed by atoms with Gasteiger partial charge in [0.2, 0.25) is 0 Å². The molecule has 24 heavy (non-hydrogen) atoms. The largest absolute Gasteiger partial charge is 1.00 e. The number of carboxylic acid groups (broad SMARTS) is 1. The van der Waals surface area contributed by atoms with Crippen LogP contribution in [0.15, 0.2) is 0 Å². The molecule has 6 heteroatoms. The Morgan fingerprint density at radius 1 is 1.04 bits per heavy atom. The van der Waals surface area contributed by atoms with Crippen molar-refractivity contribution in [2.24, 2.45) is 0 Å². The van der Waals surface area contributed by atoms with Crippen LogP contribution in [0.4, 0.5) is 0 Å². The Morgan fingerprint density at radius 3 is 2.04 bits per heavy atom. The maximum atomic E-state index is 10.5. The molecule has 0 radical (unpaired) electrons. The predicted molar refractivity (Wildman–Crippen MR) is 91.1 cm³/mol. The first-order valence-electron chi connectivity index (χ1n) is 9.28. The first-order valence-corrected chi connectivity index (χ1v) is 9.28. The fourth-order valence-electron chi connectivity index (χ4n) is 2.37. The molecule has 2 atom stereocenters. The van der Waals surface area contributed by atoms with Crippen molar-refractivity contribution in [1.29, 1.82) is 0 Å². The molecule has 0 saturated heterocycles. The van der Waals surface area contributed by atoms with Gasteiger partial charge >= 0.3 is 29.6 Å². The van der Waals surface area contributed by atoms with Gasteiger partial charge in [0.25, 0.3) is 0 Å². The molecule has 0 amide bonds. The van der Waals surface area contributed by atoms with Crippen LogP contribution in [0, 0.1) is 0 Å². The summed E-state index contributed by atoms with van der Waals surface area (Å²) in [5.41, 5.74) is 0. The van der Waals surface area contributed by atoms with Crippen molar-refractivity contribution in [3.05, 3.63) is 0 Å². The van der Waals surface area contributed by atoms with Gasteiger partial charge < -0.3 is 25.1 Å². The molecule has 0 aromatic rings. The van der Waals surface area contributed by atoms with E-state index in [1.807, 2.05) is 0 Å². The van der Waals surface area contributed by atoms with Crippen LogP contribution in [0.5, 0.6) is 0 Å². The van der Waals surface area contributed by atoms with Gasteiger partial charge in [-0.25, -0.2) is 0 Å². The van der Waals surface area contributed by atoms with Crippen molar-refractivity contribution in [2.45, 2.75) is 90.2 Å². The Morgan fingerprint density at radius 2 is 1.54 bits per heavy atom. The summed E-state index contributed by atoms with van der Waals surface area (Å²) >= 11 is 0. The van der Waals surface area contributed by atoms with E-state index in [0.29, 0.717) is 6.61 Å². The second-order valence-electron chi connectivity index (χ2n) is 6.36. The van der Waals surface area contributed by atoms with E-state index < -0.39 is 18.1 Å². The summed E-state index contributed by atoms with van der Waals surface area (Å²) in [7, 11) is 0. The number of aliphatic hydroxyl groups excluding tert-OH is 1. The molecule has 0 fully saturated rings. The molecular weight excluding hydrogens is 317 g/mol. The van der Waals surface area contributed by atoms with E-state index in [2.05, 4.69) is 12.2 Å². The molecule has 2 N–H and O–H groups in total. The molecule has 0 saturated carbocycles. The third-order valence-electron chi connectivity index (χ3n) is 3.97. The Kier molecular flexibility index (Phi) is 21.8. The maximum absolute atomic E-state index is 10.5. The van der Waals surface area contributed by atoms with Crippen LogP contribution in [-0.2, 0) is 9.53 Å². The monoisotopic (exact) mass is 353 g/mol. The van der Waals surface area contributed by atoms with Crippen molar-refractivity contribution in [1.82, 2.24) is 5.32 Å². The number of rotatable bonds is 17. The van der Waals surface area contributed by atoms with Crippen molar-refractivity contribution < 1.29 is 49.3 Å². The minimum atomic E-state index is -1.16. The van der Waals surface area contributed by atoms with E-state index in [0.717, 1.165) is 6.42 Å². The van der Waals surface area contributed by atoms with Gasteiger partial charge in [0.15, 0.2) is 0 Å². The van der Waals surface area contributed by atoms with Gasteiger partial charge in [-0.05, 0) is 13.3 Å². The molecule has 0 aliphatic heterocycles. The molecule has 0 rings (SSSR count). The van der Waals surface area contributed by atoms with Gasteiger partial charge in [0, 0.05) is 19.2 Å². The minimum absolute atomic E-state index is 0. The summed E-state index contributed by atoms with van der Waals surface area (Å²) in [4.78, 5) is 10.5. The van der Waals surface area contributed by atoms with E-state index in [4.69, 9.17) is 4.74 Å². The Hall–Kier alpha value is 0.350. The number of aliphatic carboxylic acids is 1. The first kappa shape index (κ1) is 26.6.